The summed E-state index contributed by atoms with van der Waals surface area (Å²) < 4.78 is 0. The standard InChI is InChI=1S/C16H22N2O5/c1-11(2)15(19)14(16(20)17(3)23-4)13(10-18(21)22)12-8-6-5-7-9-12/h5-9,11,13-14H,10H2,1-4H3/t13-,14+/m1/s1. The highest BCUT2D eigenvalue weighted by Crippen LogP contribution is 2.29. The van der Waals surface area contributed by atoms with Gasteiger partial charge in [0.05, 0.1) is 13.0 Å². The molecule has 0 bridgehead atoms. The Bertz CT molecular complexity index is 559. The van der Waals surface area contributed by atoms with Crippen LogP contribution in [0.5, 0.6) is 0 Å². The molecule has 126 valence electrons. The second-order valence-electron chi connectivity index (χ2n) is 5.59. The van der Waals surface area contributed by atoms with Crippen LogP contribution in [0.1, 0.15) is 25.3 Å². The number of nitro groups is 1. The highest BCUT2D eigenvalue weighted by molar-refractivity contribution is 6.02. The number of hydrogen-bond acceptors (Lipinski definition) is 5. The quantitative estimate of drug-likeness (QED) is 0.414. The first-order valence-corrected chi connectivity index (χ1v) is 7.31. The van der Waals surface area contributed by atoms with Crippen LogP contribution < -0.4 is 0 Å². The van der Waals surface area contributed by atoms with Gasteiger partial charge in [-0.1, -0.05) is 44.2 Å². The molecule has 0 fully saturated rings. The highest BCUT2D eigenvalue weighted by Gasteiger charge is 2.41. The Morgan fingerprint density at radius 1 is 1.26 bits per heavy atom. The van der Waals surface area contributed by atoms with Gasteiger partial charge >= 0.3 is 0 Å². The predicted octanol–water partition coefficient (Wildman–Crippen LogP) is 1.91. The first kappa shape index (κ1) is 18.8. The summed E-state index contributed by atoms with van der Waals surface area (Å²) in [6.07, 6.45) is 0. The minimum atomic E-state index is -1.16. The highest BCUT2D eigenvalue weighted by atomic mass is 16.7. The summed E-state index contributed by atoms with van der Waals surface area (Å²) in [5, 5.41) is 12.0. The molecule has 0 aliphatic heterocycles. The van der Waals surface area contributed by atoms with Gasteiger partial charge in [0.15, 0.2) is 0 Å². The largest absolute Gasteiger partial charge is 0.299 e. The molecule has 0 heterocycles. The predicted molar refractivity (Wildman–Crippen MR) is 84.2 cm³/mol. The number of hydroxylamine groups is 2. The number of carbonyl (C=O) groups excluding carboxylic acids is 2. The summed E-state index contributed by atoms with van der Waals surface area (Å²) in [5.41, 5.74) is 0.584. The molecule has 0 aromatic heterocycles. The van der Waals surface area contributed by atoms with Gasteiger partial charge in [0.25, 0.3) is 5.91 Å². The van der Waals surface area contributed by atoms with Crippen LogP contribution in [0.15, 0.2) is 30.3 Å². The first-order chi connectivity index (χ1) is 10.8. The zero-order valence-electron chi connectivity index (χ0n) is 13.8. The van der Waals surface area contributed by atoms with E-state index in [0.717, 1.165) is 5.06 Å². The summed E-state index contributed by atoms with van der Waals surface area (Å²) in [5.74, 6) is -3.34. The molecule has 0 aliphatic rings. The lowest BCUT2D eigenvalue weighted by atomic mass is 9.79. The van der Waals surface area contributed by atoms with E-state index in [2.05, 4.69) is 0 Å². The van der Waals surface area contributed by atoms with E-state index in [0.29, 0.717) is 5.56 Å². The van der Waals surface area contributed by atoms with Crippen molar-refractivity contribution in [2.75, 3.05) is 20.7 Å². The van der Waals surface area contributed by atoms with Crippen LogP contribution in [0, 0.1) is 22.0 Å². The molecule has 7 nitrogen and oxygen atoms in total. The van der Waals surface area contributed by atoms with E-state index in [-0.39, 0.29) is 5.78 Å². The lowest BCUT2D eigenvalue weighted by Gasteiger charge is -2.27. The van der Waals surface area contributed by atoms with Crippen LogP contribution in [0.4, 0.5) is 0 Å². The van der Waals surface area contributed by atoms with Gasteiger partial charge in [-0.3, -0.25) is 24.5 Å². The Hall–Kier alpha value is -2.28. The average Bonchev–Trinajstić information content (AvgIpc) is 2.53. The van der Waals surface area contributed by atoms with Gasteiger partial charge in [0.1, 0.15) is 11.7 Å². The van der Waals surface area contributed by atoms with Crippen molar-refractivity contribution < 1.29 is 19.3 Å². The van der Waals surface area contributed by atoms with Crippen LogP contribution in [-0.4, -0.2) is 42.4 Å². The van der Waals surface area contributed by atoms with E-state index in [4.69, 9.17) is 4.84 Å². The molecule has 0 aliphatic carbocycles. The molecular formula is C16H22N2O5. The third kappa shape index (κ3) is 4.85. The molecule has 2 atom stereocenters. The second kappa shape index (κ2) is 8.38. The fourth-order valence-corrected chi connectivity index (χ4v) is 2.40. The Balaban J connectivity index is 3.34. The molecule has 23 heavy (non-hydrogen) atoms. The van der Waals surface area contributed by atoms with Gasteiger partial charge in [-0.25, -0.2) is 5.06 Å². The van der Waals surface area contributed by atoms with Crippen molar-refractivity contribution >= 4 is 11.7 Å². The summed E-state index contributed by atoms with van der Waals surface area (Å²) in [6.45, 7) is 2.84. The van der Waals surface area contributed by atoms with E-state index in [1.54, 1.807) is 44.2 Å². The number of Topliss-reactive ketones (excluding diaryl/α,β-unsaturated/α-hetero) is 1. The molecule has 0 radical (unpaired) electrons. The fraction of sp³-hybridized carbons (Fsp3) is 0.500. The number of nitrogens with zero attached hydrogens (tertiary/aromatic N) is 2. The number of ketones is 1. The SMILES string of the molecule is CON(C)C(=O)[C@H](C(=O)C(C)C)[C@H](C[N+](=O)[O-])c1ccccc1. The van der Waals surface area contributed by atoms with Crippen LogP contribution in [0.25, 0.3) is 0 Å². The van der Waals surface area contributed by atoms with Crippen LogP contribution >= 0.6 is 0 Å². The summed E-state index contributed by atoms with van der Waals surface area (Å²) >= 11 is 0. The number of amides is 1. The van der Waals surface area contributed by atoms with Crippen LogP contribution in [0.3, 0.4) is 0 Å². The Kier molecular flexibility index (Phi) is 6.84. The first-order valence-electron chi connectivity index (χ1n) is 7.31. The van der Waals surface area contributed by atoms with Crippen LogP contribution in [-0.2, 0) is 14.4 Å². The molecule has 7 heteroatoms. The number of rotatable bonds is 8. The maximum atomic E-state index is 12.6. The van der Waals surface area contributed by atoms with Crippen molar-refractivity contribution in [2.24, 2.45) is 11.8 Å². The Morgan fingerprint density at radius 2 is 1.83 bits per heavy atom. The second-order valence-corrected chi connectivity index (χ2v) is 5.59. The van der Waals surface area contributed by atoms with Crippen molar-refractivity contribution in [1.82, 2.24) is 5.06 Å². The zero-order chi connectivity index (χ0) is 17.6. The van der Waals surface area contributed by atoms with Gasteiger partial charge in [-0.15, -0.1) is 0 Å². The van der Waals surface area contributed by atoms with Crippen LogP contribution in [0.2, 0.25) is 0 Å². The number of hydrogen-bond donors (Lipinski definition) is 0. The van der Waals surface area contributed by atoms with E-state index >= 15 is 0 Å². The van der Waals surface area contributed by atoms with Crippen molar-refractivity contribution in [3.8, 4) is 0 Å². The molecule has 1 aromatic carbocycles. The third-order valence-corrected chi connectivity index (χ3v) is 3.70. The molecular weight excluding hydrogens is 300 g/mol. The lowest BCUT2D eigenvalue weighted by Crippen LogP contribution is -2.43. The zero-order valence-corrected chi connectivity index (χ0v) is 13.8. The van der Waals surface area contributed by atoms with Crippen molar-refractivity contribution in [3.05, 3.63) is 46.0 Å². The van der Waals surface area contributed by atoms with Crippen molar-refractivity contribution in [3.63, 3.8) is 0 Å². The number of benzene rings is 1. The molecule has 0 saturated carbocycles. The number of carbonyl (C=O) groups is 2. The molecule has 1 rings (SSSR count). The maximum absolute atomic E-state index is 12.6. The molecule has 1 amide bonds. The van der Waals surface area contributed by atoms with Gasteiger partial charge in [-0.05, 0) is 5.56 Å². The summed E-state index contributed by atoms with van der Waals surface area (Å²) in [4.78, 5) is 40.6. The van der Waals surface area contributed by atoms with E-state index in [9.17, 15) is 19.7 Å². The molecule has 0 saturated heterocycles. The van der Waals surface area contributed by atoms with E-state index in [1.807, 2.05) is 0 Å². The van der Waals surface area contributed by atoms with E-state index < -0.39 is 35.1 Å². The topological polar surface area (TPSA) is 89.8 Å². The van der Waals surface area contributed by atoms with Gasteiger partial charge < -0.3 is 0 Å². The summed E-state index contributed by atoms with van der Waals surface area (Å²) in [6, 6.07) is 8.60. The molecule has 0 N–H and O–H groups in total. The monoisotopic (exact) mass is 322 g/mol. The lowest BCUT2D eigenvalue weighted by molar-refractivity contribution is -0.484. The van der Waals surface area contributed by atoms with Crippen molar-refractivity contribution in [1.29, 1.82) is 0 Å². The molecule has 0 unspecified atom stereocenters. The normalized spacial score (nSPS) is 13.4. The maximum Gasteiger partial charge on any atom is 0.257 e. The molecule has 0 spiro atoms. The minimum absolute atomic E-state index is 0.338. The smallest absolute Gasteiger partial charge is 0.257 e. The van der Waals surface area contributed by atoms with E-state index in [1.165, 1.54) is 14.2 Å². The summed E-state index contributed by atoms with van der Waals surface area (Å²) in [7, 11) is 2.69. The van der Waals surface area contributed by atoms with Gasteiger partial charge in [-0.2, -0.15) is 0 Å². The van der Waals surface area contributed by atoms with Gasteiger partial charge in [0, 0.05) is 17.9 Å². The molecule has 1 aromatic rings. The Morgan fingerprint density at radius 3 is 2.26 bits per heavy atom. The third-order valence-electron chi connectivity index (χ3n) is 3.70. The fourth-order valence-electron chi connectivity index (χ4n) is 2.40. The average molecular weight is 322 g/mol. The van der Waals surface area contributed by atoms with Crippen molar-refractivity contribution in [2.45, 2.75) is 19.8 Å². The van der Waals surface area contributed by atoms with Gasteiger partial charge in [0.2, 0.25) is 6.54 Å². The minimum Gasteiger partial charge on any atom is -0.299 e. The Labute approximate surface area is 135 Å².